The molecule has 0 aliphatic carbocycles. The Balaban J connectivity index is 1.92. The predicted molar refractivity (Wildman–Crippen MR) is 85.8 cm³/mol. The van der Waals surface area contributed by atoms with Crippen molar-refractivity contribution in [2.75, 3.05) is 6.61 Å². The van der Waals surface area contributed by atoms with Gasteiger partial charge in [0.15, 0.2) is 6.61 Å². The highest BCUT2D eigenvalue weighted by molar-refractivity contribution is 9.10. The fourth-order valence-corrected chi connectivity index (χ4v) is 2.41. The Morgan fingerprint density at radius 3 is 2.71 bits per heavy atom. The molecular formula is C17H17BrO3. The summed E-state index contributed by atoms with van der Waals surface area (Å²) < 4.78 is 11.5. The van der Waals surface area contributed by atoms with E-state index in [0.29, 0.717) is 11.5 Å². The van der Waals surface area contributed by atoms with Crippen molar-refractivity contribution in [2.45, 2.75) is 20.3 Å². The van der Waals surface area contributed by atoms with Gasteiger partial charge in [0, 0.05) is 0 Å². The summed E-state index contributed by atoms with van der Waals surface area (Å²) in [6, 6.07) is 13.2. The number of hydrogen-bond acceptors (Lipinski definition) is 3. The van der Waals surface area contributed by atoms with Gasteiger partial charge >= 0.3 is 5.97 Å². The summed E-state index contributed by atoms with van der Waals surface area (Å²) >= 11 is 3.37. The average molecular weight is 349 g/mol. The zero-order valence-corrected chi connectivity index (χ0v) is 13.6. The van der Waals surface area contributed by atoms with Crippen molar-refractivity contribution in [3.8, 4) is 11.5 Å². The molecule has 110 valence electrons. The van der Waals surface area contributed by atoms with Gasteiger partial charge in [-0.1, -0.05) is 25.1 Å². The second-order valence-corrected chi connectivity index (χ2v) is 5.55. The first kappa shape index (κ1) is 15.6. The molecule has 0 amide bonds. The molecule has 0 fully saturated rings. The molecule has 0 unspecified atom stereocenters. The van der Waals surface area contributed by atoms with Crippen molar-refractivity contribution < 1.29 is 14.3 Å². The largest absolute Gasteiger partial charge is 0.482 e. The lowest BCUT2D eigenvalue weighted by Crippen LogP contribution is -2.18. The van der Waals surface area contributed by atoms with E-state index >= 15 is 0 Å². The Kier molecular flexibility index (Phi) is 5.39. The number of halogens is 1. The number of hydrogen-bond donors (Lipinski definition) is 0. The smallest absolute Gasteiger partial charge is 0.349 e. The topological polar surface area (TPSA) is 35.5 Å². The minimum Gasteiger partial charge on any atom is -0.482 e. The maximum Gasteiger partial charge on any atom is 0.349 e. The molecule has 3 nitrogen and oxygen atoms in total. The number of esters is 1. The molecule has 2 rings (SSSR count). The second kappa shape index (κ2) is 7.27. The minimum absolute atomic E-state index is 0.118. The predicted octanol–water partition coefficient (Wildman–Crippen LogP) is 4.30. The molecule has 0 radical (unpaired) electrons. The van der Waals surface area contributed by atoms with Gasteiger partial charge in [0.05, 0.1) is 4.47 Å². The van der Waals surface area contributed by atoms with Crippen LogP contribution < -0.4 is 9.47 Å². The first-order valence-electron chi connectivity index (χ1n) is 6.77. The van der Waals surface area contributed by atoms with Gasteiger partial charge in [-0.05, 0) is 64.7 Å². The van der Waals surface area contributed by atoms with Crippen LogP contribution in [0.1, 0.15) is 18.1 Å². The summed E-state index contributed by atoms with van der Waals surface area (Å²) in [5, 5.41) is 0. The third-order valence-corrected chi connectivity index (χ3v) is 3.59. The van der Waals surface area contributed by atoms with Crippen LogP contribution in [-0.4, -0.2) is 12.6 Å². The molecule has 0 saturated heterocycles. The molecule has 0 saturated carbocycles. The van der Waals surface area contributed by atoms with E-state index in [9.17, 15) is 4.79 Å². The zero-order valence-electron chi connectivity index (χ0n) is 12.1. The van der Waals surface area contributed by atoms with E-state index < -0.39 is 5.97 Å². The molecule has 0 aliphatic heterocycles. The first-order chi connectivity index (χ1) is 10.1. The minimum atomic E-state index is -0.429. The van der Waals surface area contributed by atoms with E-state index in [2.05, 4.69) is 22.9 Å². The van der Waals surface area contributed by atoms with E-state index in [4.69, 9.17) is 9.47 Å². The molecule has 0 heterocycles. The Bertz CT molecular complexity index is 638. The standard InChI is InChI=1S/C17H17BrO3/c1-3-13-5-4-6-14(10-13)20-11-17(19)21-16-8-7-12(2)9-15(16)18/h4-10H,3,11H2,1-2H3. The Morgan fingerprint density at radius 1 is 1.19 bits per heavy atom. The number of rotatable bonds is 5. The lowest BCUT2D eigenvalue weighted by molar-refractivity contribution is -0.136. The van der Waals surface area contributed by atoms with Crippen molar-refractivity contribution in [1.82, 2.24) is 0 Å². The molecule has 4 heteroatoms. The third kappa shape index (κ3) is 4.60. The quantitative estimate of drug-likeness (QED) is 0.596. The van der Waals surface area contributed by atoms with Gasteiger partial charge in [-0.2, -0.15) is 0 Å². The van der Waals surface area contributed by atoms with Crippen LogP contribution in [0.3, 0.4) is 0 Å². The third-order valence-electron chi connectivity index (χ3n) is 2.97. The van der Waals surface area contributed by atoms with Gasteiger partial charge in [-0.25, -0.2) is 4.79 Å². The highest BCUT2D eigenvalue weighted by Gasteiger charge is 2.09. The van der Waals surface area contributed by atoms with Crippen molar-refractivity contribution in [1.29, 1.82) is 0 Å². The van der Waals surface area contributed by atoms with Gasteiger partial charge in [-0.15, -0.1) is 0 Å². The van der Waals surface area contributed by atoms with E-state index in [1.165, 1.54) is 5.56 Å². The maximum atomic E-state index is 11.8. The lowest BCUT2D eigenvalue weighted by Gasteiger charge is -2.09. The van der Waals surface area contributed by atoms with E-state index in [1.807, 2.05) is 43.3 Å². The molecule has 2 aromatic rings. The highest BCUT2D eigenvalue weighted by Crippen LogP contribution is 2.25. The van der Waals surface area contributed by atoms with Crippen molar-refractivity contribution in [3.63, 3.8) is 0 Å². The van der Waals surface area contributed by atoms with Crippen LogP contribution in [0.2, 0.25) is 0 Å². The van der Waals surface area contributed by atoms with E-state index in [1.54, 1.807) is 6.07 Å². The molecular weight excluding hydrogens is 332 g/mol. The van der Waals surface area contributed by atoms with Crippen molar-refractivity contribution in [2.24, 2.45) is 0 Å². The fraction of sp³-hybridized carbons (Fsp3) is 0.235. The molecule has 0 N–H and O–H groups in total. The summed E-state index contributed by atoms with van der Waals surface area (Å²) in [5.74, 6) is 0.743. The van der Waals surface area contributed by atoms with Crippen LogP contribution in [0.5, 0.6) is 11.5 Å². The van der Waals surface area contributed by atoms with Gasteiger partial charge in [0.2, 0.25) is 0 Å². The van der Waals surface area contributed by atoms with E-state index in [-0.39, 0.29) is 6.61 Å². The van der Waals surface area contributed by atoms with Crippen LogP contribution in [0.15, 0.2) is 46.9 Å². The Labute approximate surface area is 133 Å². The molecule has 0 aromatic heterocycles. The van der Waals surface area contributed by atoms with Crippen LogP contribution >= 0.6 is 15.9 Å². The monoisotopic (exact) mass is 348 g/mol. The SMILES string of the molecule is CCc1cccc(OCC(=O)Oc2ccc(C)cc2Br)c1. The highest BCUT2D eigenvalue weighted by atomic mass is 79.9. The molecule has 0 atom stereocenters. The van der Waals surface area contributed by atoms with Gasteiger partial charge in [-0.3, -0.25) is 0 Å². The molecule has 0 aliphatic rings. The molecule has 0 spiro atoms. The summed E-state index contributed by atoms with van der Waals surface area (Å²) in [4.78, 5) is 11.8. The Morgan fingerprint density at radius 2 is 2.00 bits per heavy atom. The summed E-state index contributed by atoms with van der Waals surface area (Å²) in [6.45, 7) is 3.93. The molecule has 2 aromatic carbocycles. The molecule has 0 bridgehead atoms. The average Bonchev–Trinajstić information content (AvgIpc) is 2.48. The van der Waals surface area contributed by atoms with Crippen LogP contribution in [0.4, 0.5) is 0 Å². The lowest BCUT2D eigenvalue weighted by atomic mass is 10.2. The summed E-state index contributed by atoms with van der Waals surface area (Å²) in [5.41, 5.74) is 2.26. The first-order valence-corrected chi connectivity index (χ1v) is 7.56. The van der Waals surface area contributed by atoms with Crippen LogP contribution in [0, 0.1) is 6.92 Å². The molecule has 21 heavy (non-hydrogen) atoms. The number of carbonyl (C=O) groups is 1. The number of benzene rings is 2. The van der Waals surface area contributed by atoms with E-state index in [0.717, 1.165) is 16.5 Å². The van der Waals surface area contributed by atoms with Crippen molar-refractivity contribution in [3.05, 3.63) is 58.1 Å². The maximum absolute atomic E-state index is 11.8. The van der Waals surface area contributed by atoms with Crippen molar-refractivity contribution >= 4 is 21.9 Å². The summed E-state index contributed by atoms with van der Waals surface area (Å²) in [7, 11) is 0. The van der Waals surface area contributed by atoms with Gasteiger partial charge < -0.3 is 9.47 Å². The number of aryl methyl sites for hydroxylation is 2. The summed E-state index contributed by atoms with van der Waals surface area (Å²) in [6.07, 6.45) is 0.929. The Hall–Kier alpha value is -1.81. The van der Waals surface area contributed by atoms with Gasteiger partial charge in [0.25, 0.3) is 0 Å². The van der Waals surface area contributed by atoms with Gasteiger partial charge in [0.1, 0.15) is 11.5 Å². The van der Waals surface area contributed by atoms with Crippen LogP contribution in [-0.2, 0) is 11.2 Å². The van der Waals surface area contributed by atoms with Crippen LogP contribution in [0.25, 0.3) is 0 Å². The second-order valence-electron chi connectivity index (χ2n) is 4.70. The number of carbonyl (C=O) groups excluding carboxylic acids is 1. The number of ether oxygens (including phenoxy) is 2. The normalized spacial score (nSPS) is 10.2. The zero-order chi connectivity index (χ0) is 15.2. The fourth-order valence-electron chi connectivity index (χ4n) is 1.84.